The summed E-state index contributed by atoms with van der Waals surface area (Å²) in [4.78, 5) is 34.6. The van der Waals surface area contributed by atoms with Gasteiger partial charge in [-0.05, 0) is 30.5 Å². The quantitative estimate of drug-likeness (QED) is 0.559. The molecule has 1 aromatic rings. The van der Waals surface area contributed by atoms with Crippen molar-refractivity contribution in [3.05, 3.63) is 29.8 Å². The Kier molecular flexibility index (Phi) is 7.21. The Hall–Kier alpha value is -2.41. The molecule has 7 nitrogen and oxygen atoms in total. The van der Waals surface area contributed by atoms with Crippen LogP contribution in [-0.2, 0) is 9.59 Å². The van der Waals surface area contributed by atoms with Gasteiger partial charge in [-0.25, -0.2) is 0 Å². The maximum absolute atomic E-state index is 12.0. The van der Waals surface area contributed by atoms with Crippen molar-refractivity contribution in [1.29, 1.82) is 0 Å². The van der Waals surface area contributed by atoms with Crippen LogP contribution in [0.2, 0.25) is 0 Å². The lowest BCUT2D eigenvalue weighted by Gasteiger charge is -2.14. The minimum absolute atomic E-state index is 0.0756. The zero-order valence-corrected chi connectivity index (χ0v) is 13.5. The van der Waals surface area contributed by atoms with Crippen LogP contribution < -0.4 is 22.1 Å². The van der Waals surface area contributed by atoms with Crippen molar-refractivity contribution in [3.8, 4) is 0 Å². The van der Waals surface area contributed by atoms with Crippen molar-refractivity contribution in [2.75, 3.05) is 11.9 Å². The van der Waals surface area contributed by atoms with Gasteiger partial charge in [-0.15, -0.1) is 0 Å². The van der Waals surface area contributed by atoms with Crippen LogP contribution in [0.1, 0.15) is 37.0 Å². The van der Waals surface area contributed by atoms with Crippen molar-refractivity contribution >= 4 is 23.4 Å². The molecular formula is C16H24N4O3. The second kappa shape index (κ2) is 8.89. The number of amides is 3. The van der Waals surface area contributed by atoms with Crippen LogP contribution in [0.15, 0.2) is 24.3 Å². The fraction of sp³-hybridized carbons (Fsp3) is 0.438. The third kappa shape index (κ3) is 6.92. The lowest BCUT2D eigenvalue weighted by Crippen LogP contribution is -2.36. The number of hydrogen-bond donors (Lipinski definition) is 4. The highest BCUT2D eigenvalue weighted by molar-refractivity contribution is 5.98. The molecule has 0 saturated heterocycles. The summed E-state index contributed by atoms with van der Waals surface area (Å²) in [6, 6.07) is 5.92. The molecule has 0 fully saturated rings. The smallest absolute Gasteiger partial charge is 0.251 e. The van der Waals surface area contributed by atoms with Gasteiger partial charge >= 0.3 is 0 Å². The summed E-state index contributed by atoms with van der Waals surface area (Å²) >= 11 is 0. The van der Waals surface area contributed by atoms with Gasteiger partial charge in [0.15, 0.2) is 0 Å². The van der Waals surface area contributed by atoms with Gasteiger partial charge in [0.2, 0.25) is 11.8 Å². The average molecular weight is 320 g/mol. The molecule has 0 radical (unpaired) electrons. The first-order chi connectivity index (χ1) is 10.8. The molecule has 1 atom stereocenters. The summed E-state index contributed by atoms with van der Waals surface area (Å²) in [6.45, 7) is 4.15. The number of primary amides is 1. The normalized spacial score (nSPS) is 11.8. The summed E-state index contributed by atoms with van der Waals surface area (Å²) in [5.41, 5.74) is 11.7. The van der Waals surface area contributed by atoms with Crippen molar-refractivity contribution in [2.24, 2.45) is 17.4 Å². The van der Waals surface area contributed by atoms with Crippen LogP contribution in [0.25, 0.3) is 0 Å². The van der Waals surface area contributed by atoms with Gasteiger partial charge in [0.1, 0.15) is 0 Å². The third-order valence-electron chi connectivity index (χ3n) is 3.11. The fourth-order valence-electron chi connectivity index (χ4n) is 1.99. The Morgan fingerprint density at radius 3 is 2.52 bits per heavy atom. The summed E-state index contributed by atoms with van der Waals surface area (Å²) in [5.74, 6) is -0.789. The molecule has 0 aliphatic heterocycles. The molecule has 7 heteroatoms. The molecule has 6 N–H and O–H groups in total. The number of carbonyl (C=O) groups excluding carboxylic acids is 3. The van der Waals surface area contributed by atoms with Gasteiger partial charge in [-0.3, -0.25) is 14.4 Å². The minimum atomic E-state index is -0.594. The van der Waals surface area contributed by atoms with Crippen molar-refractivity contribution < 1.29 is 14.4 Å². The van der Waals surface area contributed by atoms with E-state index in [0.717, 1.165) is 0 Å². The molecule has 1 rings (SSSR count). The van der Waals surface area contributed by atoms with Crippen molar-refractivity contribution in [1.82, 2.24) is 5.32 Å². The van der Waals surface area contributed by atoms with Crippen LogP contribution in [-0.4, -0.2) is 30.3 Å². The van der Waals surface area contributed by atoms with Crippen molar-refractivity contribution in [2.45, 2.75) is 32.7 Å². The number of anilines is 1. The highest BCUT2D eigenvalue weighted by Gasteiger charge is 2.15. The van der Waals surface area contributed by atoms with E-state index in [1.807, 2.05) is 13.8 Å². The van der Waals surface area contributed by atoms with Gasteiger partial charge in [-0.1, -0.05) is 19.9 Å². The molecule has 23 heavy (non-hydrogen) atoms. The van der Waals surface area contributed by atoms with Crippen LogP contribution in [0.5, 0.6) is 0 Å². The molecule has 0 saturated carbocycles. The minimum Gasteiger partial charge on any atom is -0.370 e. The lowest BCUT2D eigenvalue weighted by atomic mass is 10.0. The molecule has 0 aromatic heterocycles. The molecule has 126 valence electrons. The Morgan fingerprint density at radius 1 is 1.22 bits per heavy atom. The molecule has 0 heterocycles. The molecule has 0 unspecified atom stereocenters. The summed E-state index contributed by atoms with van der Waals surface area (Å²) < 4.78 is 0. The Labute approximate surface area is 135 Å². The molecule has 0 aliphatic carbocycles. The summed E-state index contributed by atoms with van der Waals surface area (Å²) in [7, 11) is 0. The van der Waals surface area contributed by atoms with Gasteiger partial charge in [0.25, 0.3) is 5.91 Å². The molecule has 0 aliphatic rings. The van der Waals surface area contributed by atoms with E-state index < -0.39 is 11.9 Å². The first-order valence-electron chi connectivity index (χ1n) is 7.52. The average Bonchev–Trinajstić information content (AvgIpc) is 2.46. The second-order valence-electron chi connectivity index (χ2n) is 5.78. The summed E-state index contributed by atoms with van der Waals surface area (Å²) in [6.07, 6.45) is 0.658. The number of nitrogens with one attached hydrogen (secondary N) is 2. The van der Waals surface area contributed by atoms with Gasteiger partial charge in [0, 0.05) is 24.2 Å². The Morgan fingerprint density at radius 2 is 1.91 bits per heavy atom. The fourth-order valence-corrected chi connectivity index (χ4v) is 1.99. The molecule has 0 spiro atoms. The van der Waals surface area contributed by atoms with Gasteiger partial charge in [-0.2, -0.15) is 0 Å². The van der Waals surface area contributed by atoms with E-state index >= 15 is 0 Å². The third-order valence-corrected chi connectivity index (χ3v) is 3.11. The van der Waals surface area contributed by atoms with Gasteiger partial charge in [0.05, 0.1) is 6.04 Å². The predicted molar refractivity (Wildman–Crippen MR) is 88.6 cm³/mol. The topological polar surface area (TPSA) is 127 Å². The van der Waals surface area contributed by atoms with Crippen LogP contribution >= 0.6 is 0 Å². The van der Waals surface area contributed by atoms with E-state index in [-0.39, 0.29) is 24.8 Å². The monoisotopic (exact) mass is 320 g/mol. The number of rotatable bonds is 8. The predicted octanol–water partition coefficient (Wildman–Crippen LogP) is 0.604. The summed E-state index contributed by atoms with van der Waals surface area (Å²) in [5, 5.41) is 5.28. The van der Waals surface area contributed by atoms with Crippen LogP contribution in [0.4, 0.5) is 5.69 Å². The Bertz CT molecular complexity index is 572. The Balaban J connectivity index is 2.64. The molecule has 1 aromatic carbocycles. The van der Waals surface area contributed by atoms with E-state index in [0.29, 0.717) is 23.6 Å². The number of hydrogen-bond acceptors (Lipinski definition) is 4. The van der Waals surface area contributed by atoms with Crippen LogP contribution in [0.3, 0.4) is 0 Å². The first kappa shape index (κ1) is 18.6. The number of nitrogens with two attached hydrogens (primary N) is 2. The molecular weight excluding hydrogens is 296 g/mol. The van der Waals surface area contributed by atoms with E-state index in [1.165, 1.54) is 0 Å². The lowest BCUT2D eigenvalue weighted by molar-refractivity contribution is -0.118. The highest BCUT2D eigenvalue weighted by atomic mass is 16.2. The zero-order chi connectivity index (χ0) is 17.4. The molecule has 3 amide bonds. The van der Waals surface area contributed by atoms with Gasteiger partial charge < -0.3 is 22.1 Å². The first-order valence-corrected chi connectivity index (χ1v) is 7.52. The number of carbonyl (C=O) groups is 3. The van der Waals surface area contributed by atoms with Crippen LogP contribution in [0, 0.1) is 5.92 Å². The standard InChI is InChI=1S/C16H24N4O3/c1-10(2)8-13(17)16(23)20-12-5-3-4-11(9-12)15(22)19-7-6-14(18)21/h3-5,9-10,13H,6-8,17H2,1-2H3,(H2,18,21)(H,19,22)(H,20,23)/t13-/m0/s1. The SMILES string of the molecule is CC(C)C[C@H](N)C(=O)Nc1cccc(C(=O)NCCC(N)=O)c1. The maximum atomic E-state index is 12.0. The second-order valence-corrected chi connectivity index (χ2v) is 5.78. The van der Waals surface area contributed by atoms with E-state index in [9.17, 15) is 14.4 Å². The highest BCUT2D eigenvalue weighted by Crippen LogP contribution is 2.12. The largest absolute Gasteiger partial charge is 0.370 e. The van der Waals surface area contributed by atoms with E-state index in [1.54, 1.807) is 24.3 Å². The van der Waals surface area contributed by atoms with Crippen molar-refractivity contribution in [3.63, 3.8) is 0 Å². The maximum Gasteiger partial charge on any atom is 0.251 e. The number of benzene rings is 1. The molecule has 0 bridgehead atoms. The van der Waals surface area contributed by atoms with E-state index in [4.69, 9.17) is 11.5 Å². The zero-order valence-electron chi connectivity index (χ0n) is 13.5. The van der Waals surface area contributed by atoms with E-state index in [2.05, 4.69) is 10.6 Å².